The number of rotatable bonds is 8. The molecule has 29 heteroatoms. The Hall–Kier alpha value is -9.74. The minimum Gasteiger partial charge on any atom is -0.512 e. The zero-order valence-corrected chi connectivity index (χ0v) is 67.9. The molecule has 0 amide bonds. The minimum absolute atomic E-state index is 0. The number of halogens is 8. The van der Waals surface area contributed by atoms with Crippen LogP contribution in [-0.2, 0) is 111 Å². The van der Waals surface area contributed by atoms with Crippen LogP contribution in [0.5, 0.6) is 0 Å². The molecule has 7 aromatic carbocycles. The van der Waals surface area contributed by atoms with Crippen LogP contribution in [0.1, 0.15) is 54.9 Å². The van der Waals surface area contributed by atoms with Crippen molar-refractivity contribution in [2.45, 2.75) is 40.0 Å². The van der Waals surface area contributed by atoms with Gasteiger partial charge in [0.15, 0.2) is 5.78 Å². The van der Waals surface area contributed by atoms with Gasteiger partial charge in [-0.3, -0.25) is 63.3 Å². The quantitative estimate of drug-likeness (QED) is 0.0637. The number of aliphatic hydroxyl groups is 1. The maximum Gasteiger partial charge on any atom is 0.354 e. The Morgan fingerprint density at radius 2 is 0.830 bits per heavy atom. The number of aromatic nitrogens is 12. The van der Waals surface area contributed by atoms with Crippen LogP contribution in [0, 0.1) is 89.9 Å². The summed E-state index contributed by atoms with van der Waals surface area (Å²) in [5, 5.41) is 36.2. The average molecular weight is 2330 g/mol. The van der Waals surface area contributed by atoms with Crippen LogP contribution in [0.15, 0.2) is 256 Å². The second kappa shape index (κ2) is 44.9. The predicted molar refractivity (Wildman–Crippen MR) is 361 cm³/mol. The van der Waals surface area contributed by atoms with Crippen molar-refractivity contribution >= 4 is 11.8 Å². The Labute approximate surface area is 672 Å². The fourth-order valence-corrected chi connectivity index (χ4v) is 9.18. The number of benzene rings is 7. The average Bonchev–Trinajstić information content (AvgIpc) is 1.58. The molecule has 0 unspecified atom stereocenters. The monoisotopic (exact) mass is 2330 g/mol. The van der Waals surface area contributed by atoms with Crippen LogP contribution < -0.4 is 0 Å². The summed E-state index contributed by atoms with van der Waals surface area (Å²) >= 11 is 0. The summed E-state index contributed by atoms with van der Waals surface area (Å²) in [6.07, 6.45) is 20.4. The number of hydrogen-bond acceptors (Lipinski definition) is 10. The summed E-state index contributed by atoms with van der Waals surface area (Å²) in [4.78, 5) is 28.0. The molecule has 1 aliphatic carbocycles. The van der Waals surface area contributed by atoms with Gasteiger partial charge in [0.2, 0.25) is 0 Å². The number of fused-ring (bicyclic) bond motifs is 3. The van der Waals surface area contributed by atoms with Gasteiger partial charge in [0, 0.05) is 228 Å². The van der Waals surface area contributed by atoms with Gasteiger partial charge >= 0.3 is 5.97 Å². The molecule has 0 aliphatic heterocycles. The Balaban J connectivity index is 0.000000317. The van der Waals surface area contributed by atoms with Crippen LogP contribution in [0.2, 0.25) is 0 Å². The Morgan fingerprint density at radius 3 is 1.14 bits per heavy atom. The first-order valence-electron chi connectivity index (χ1n) is 30.1. The van der Waals surface area contributed by atoms with E-state index in [0.717, 1.165) is 65.5 Å². The molecular weight excluding hydrogens is 2270 g/mol. The van der Waals surface area contributed by atoms with E-state index in [1.807, 2.05) is 47.3 Å². The van der Waals surface area contributed by atoms with Gasteiger partial charge in [0.05, 0.1) is 5.76 Å². The number of carbonyl (C=O) groups is 2. The van der Waals surface area contributed by atoms with E-state index in [2.05, 4.69) is 135 Å². The van der Waals surface area contributed by atoms with Crippen molar-refractivity contribution in [2.24, 2.45) is 0 Å². The molecule has 106 heavy (non-hydrogen) atoms. The number of ketones is 1. The molecule has 0 spiro atoms. The van der Waals surface area contributed by atoms with E-state index >= 15 is 0 Å². The molecular formula is C77H58F8Ir5N12O4-6. The van der Waals surface area contributed by atoms with Gasteiger partial charge in [-0.15, -0.1) is 113 Å². The number of carboxylic acids is 1. The number of aliphatic hydroxyl groups excluding tert-OH is 1. The normalized spacial score (nSPS) is 10.6. The van der Waals surface area contributed by atoms with Gasteiger partial charge in [-0.2, -0.15) is 49.8 Å². The number of aryl methyl sites for hydroxylation is 1. The zero-order valence-electron chi connectivity index (χ0n) is 55.9. The van der Waals surface area contributed by atoms with E-state index in [9.17, 15) is 44.7 Å². The molecule has 2 N–H and O–H groups in total. The number of carboxylic acid groups (broad SMARTS) is 1. The van der Waals surface area contributed by atoms with Crippen molar-refractivity contribution in [3.8, 4) is 50.8 Å². The van der Waals surface area contributed by atoms with E-state index in [0.29, 0.717) is 0 Å². The molecule has 16 nitrogen and oxygen atoms in total. The smallest absolute Gasteiger partial charge is 0.354 e. The zero-order chi connectivity index (χ0) is 72.4. The van der Waals surface area contributed by atoms with Crippen molar-refractivity contribution in [1.82, 2.24) is 58.9 Å². The summed E-state index contributed by atoms with van der Waals surface area (Å²) in [6.45, 7) is 9.46. The fraction of sp³-hybridized carbons (Fsp3) is 0.0779. The van der Waals surface area contributed by atoms with Crippen LogP contribution in [-0.4, -0.2) is 80.8 Å². The third-order valence-electron chi connectivity index (χ3n) is 13.7. The first kappa shape index (κ1) is 90.5. The molecule has 7 aromatic heterocycles. The van der Waals surface area contributed by atoms with Crippen molar-refractivity contribution < 1.29 is 155 Å². The van der Waals surface area contributed by atoms with Gasteiger partial charge in [-0.05, 0) is 102 Å². The molecule has 15 rings (SSSR count). The minimum atomic E-state index is -0.990. The third kappa shape index (κ3) is 26.7. The maximum absolute atomic E-state index is 13.1. The Morgan fingerprint density at radius 1 is 0.434 bits per heavy atom. The first-order valence-corrected chi connectivity index (χ1v) is 30.1. The van der Waals surface area contributed by atoms with Crippen LogP contribution in [0.3, 0.4) is 0 Å². The fourth-order valence-electron chi connectivity index (χ4n) is 9.18. The number of nitrogens with zero attached hydrogens (tertiary/aromatic N) is 12. The third-order valence-corrected chi connectivity index (χ3v) is 13.7. The topological polar surface area (TPSA) is 189 Å². The summed E-state index contributed by atoms with van der Waals surface area (Å²) in [5.41, 5.74) is 10.0. The second-order valence-corrected chi connectivity index (χ2v) is 21.5. The van der Waals surface area contributed by atoms with Crippen molar-refractivity contribution in [2.75, 3.05) is 0 Å². The molecule has 557 valence electrons. The van der Waals surface area contributed by atoms with Gasteiger partial charge in [0.25, 0.3) is 0 Å². The Bertz CT molecular complexity index is 4630. The van der Waals surface area contributed by atoms with Gasteiger partial charge in [0.1, 0.15) is 5.69 Å². The first-order chi connectivity index (χ1) is 48.6. The molecule has 0 fully saturated rings. The number of allylic oxidation sites excluding steroid dienone is 2. The van der Waals surface area contributed by atoms with Crippen molar-refractivity contribution in [1.29, 1.82) is 0 Å². The SMILES string of the molecule is CC(=O)C=C(C)O.CC1(C)c2ccc(-n3cccn3)[c-]c2-c2ccccc21.Cc1c[c-]c(-c2ccccn2)cc1.Fc1c[c-]c(-n2cccn2)c(F)c1.Fc1c[c-]c(-n2cccn2)c(F)c1.Fc1c[c-]c(-n2cccn2)c(F)c1.Fc1c[c-]c(-n2cccn2)c(F)c1.O=C(O)c1ccccn1.[Ir].[Ir].[Ir].[Ir].[Ir]. The van der Waals surface area contributed by atoms with E-state index < -0.39 is 52.5 Å². The molecule has 0 saturated heterocycles. The number of carbonyl (C=O) groups excluding carboxylic acids is 1. The van der Waals surface area contributed by atoms with Crippen LogP contribution >= 0.6 is 0 Å². The van der Waals surface area contributed by atoms with Crippen molar-refractivity contribution in [3.63, 3.8) is 0 Å². The van der Waals surface area contributed by atoms with E-state index in [-0.39, 0.29) is 146 Å². The molecule has 1 aliphatic rings. The summed E-state index contributed by atoms with van der Waals surface area (Å²) in [6, 6.07) is 62.2. The predicted octanol–water partition coefficient (Wildman–Crippen LogP) is 16.4. The number of pyridine rings is 2. The molecule has 7 heterocycles. The summed E-state index contributed by atoms with van der Waals surface area (Å²) in [7, 11) is 0. The molecule has 0 bridgehead atoms. The molecule has 0 saturated carbocycles. The standard InChI is InChI=1S/C18H15N2.C12H10N.4C9H5F2N2.C6H5NO2.C5H8O2.5Ir/c1-18(2)16-7-4-3-6-14(16)15-12-13(8-9-17(15)18)20-11-5-10-19-20;1-10-5-7-11(8-6-10)12-4-2-3-9-13-12;4*10-7-2-3-9(8(11)6-7)13-5-1-4-12-13;8-6(9)5-3-1-2-4-7-5;1-4(6)3-5(2)7;;;;;/h3-11H,1-2H3;2-7,9H,1H3;4*1-2,4-6H;1-4H,(H,8,9);3,6H,1-2H3;;;;;/q6*-1;;;;;;;. The van der Waals surface area contributed by atoms with Crippen molar-refractivity contribution in [3.05, 3.63) is 361 Å². The van der Waals surface area contributed by atoms with Gasteiger partial charge < -0.3 is 15.2 Å². The van der Waals surface area contributed by atoms with Gasteiger partial charge in [-0.25, -0.2) is 9.78 Å². The van der Waals surface area contributed by atoms with Gasteiger partial charge in [-0.1, -0.05) is 74.4 Å². The second-order valence-electron chi connectivity index (χ2n) is 21.5. The van der Waals surface area contributed by atoms with Crippen LogP contribution in [0.25, 0.3) is 50.8 Å². The number of aromatic carboxylic acids is 1. The molecule has 5 radical (unpaired) electrons. The summed E-state index contributed by atoms with van der Waals surface area (Å²) < 4.78 is 109. The number of hydrogen-bond donors (Lipinski definition) is 2. The van der Waals surface area contributed by atoms with Crippen LogP contribution in [0.4, 0.5) is 35.1 Å². The largest absolute Gasteiger partial charge is 0.512 e. The van der Waals surface area contributed by atoms with E-state index in [1.165, 1.54) is 104 Å². The molecule has 0 atom stereocenters. The van der Waals surface area contributed by atoms with E-state index in [4.69, 9.17) is 10.2 Å². The van der Waals surface area contributed by atoms with E-state index in [1.54, 1.807) is 73.6 Å². The summed E-state index contributed by atoms with van der Waals surface area (Å²) in [5.74, 6) is -6.34. The maximum atomic E-state index is 13.1. The molecule has 14 aromatic rings. The Kier molecular flexibility index (Phi) is 38.3.